The molecule has 0 saturated heterocycles. The summed E-state index contributed by atoms with van der Waals surface area (Å²) < 4.78 is 5.57. The third kappa shape index (κ3) is 4.50. The molecule has 0 bridgehead atoms. The zero-order chi connectivity index (χ0) is 17.0. The number of nitrogen functional groups attached to an aromatic ring is 1. The van der Waals surface area contributed by atoms with E-state index in [0.717, 1.165) is 0 Å². The van der Waals surface area contributed by atoms with E-state index in [9.17, 15) is 9.90 Å². The second-order valence-corrected chi connectivity index (χ2v) is 5.75. The van der Waals surface area contributed by atoms with Gasteiger partial charge in [0, 0.05) is 5.69 Å². The molecule has 0 heterocycles. The molecule has 0 atom stereocenters. The standard InChI is InChI=1S/C18H18ClNO3/c1-11(2)23-17-8-3-12(10-16(17)19)9-15(18(21)22)13-4-6-14(20)7-5-13/h3-11H,20H2,1-2H3,(H,21,22)/b15-9-. The Morgan fingerprint density at radius 2 is 1.87 bits per heavy atom. The van der Waals surface area contributed by atoms with Gasteiger partial charge in [-0.2, -0.15) is 0 Å². The van der Waals surface area contributed by atoms with Crippen LogP contribution >= 0.6 is 11.6 Å². The Morgan fingerprint density at radius 1 is 1.22 bits per heavy atom. The number of nitrogens with two attached hydrogens (primary N) is 1. The smallest absolute Gasteiger partial charge is 0.336 e. The minimum atomic E-state index is -1.02. The van der Waals surface area contributed by atoms with Gasteiger partial charge in [-0.3, -0.25) is 0 Å². The highest BCUT2D eigenvalue weighted by molar-refractivity contribution is 6.32. The zero-order valence-corrected chi connectivity index (χ0v) is 13.7. The van der Waals surface area contributed by atoms with E-state index in [1.165, 1.54) is 0 Å². The van der Waals surface area contributed by atoms with Gasteiger partial charge in [0.15, 0.2) is 0 Å². The van der Waals surface area contributed by atoms with E-state index in [0.29, 0.717) is 27.6 Å². The van der Waals surface area contributed by atoms with Gasteiger partial charge in [0.2, 0.25) is 0 Å². The molecular formula is C18H18ClNO3. The molecule has 4 nitrogen and oxygen atoms in total. The highest BCUT2D eigenvalue weighted by Gasteiger charge is 2.11. The fourth-order valence-corrected chi connectivity index (χ4v) is 2.29. The molecule has 2 aromatic carbocycles. The summed E-state index contributed by atoms with van der Waals surface area (Å²) in [5.74, 6) is -0.448. The summed E-state index contributed by atoms with van der Waals surface area (Å²) in [7, 11) is 0. The van der Waals surface area contributed by atoms with E-state index in [2.05, 4.69) is 0 Å². The number of carboxylic acid groups (broad SMARTS) is 1. The third-order valence-electron chi connectivity index (χ3n) is 3.08. The average Bonchev–Trinajstić information content (AvgIpc) is 2.48. The molecule has 0 unspecified atom stereocenters. The van der Waals surface area contributed by atoms with Crippen LogP contribution in [0.3, 0.4) is 0 Å². The summed E-state index contributed by atoms with van der Waals surface area (Å²) in [5, 5.41) is 9.88. The number of carbonyl (C=O) groups is 1. The minimum absolute atomic E-state index is 0.0123. The zero-order valence-electron chi connectivity index (χ0n) is 12.9. The van der Waals surface area contributed by atoms with E-state index in [-0.39, 0.29) is 11.7 Å². The molecule has 0 radical (unpaired) electrons. The lowest BCUT2D eigenvalue weighted by molar-refractivity contribution is -0.130. The number of hydrogen-bond acceptors (Lipinski definition) is 3. The summed E-state index contributed by atoms with van der Waals surface area (Å²) in [6.45, 7) is 3.82. The quantitative estimate of drug-likeness (QED) is 0.486. The first kappa shape index (κ1) is 16.9. The Kier molecular flexibility index (Phi) is 5.29. The van der Waals surface area contributed by atoms with Gasteiger partial charge < -0.3 is 15.6 Å². The minimum Gasteiger partial charge on any atom is -0.489 e. The van der Waals surface area contributed by atoms with Crippen LogP contribution < -0.4 is 10.5 Å². The number of ether oxygens (including phenoxy) is 1. The maximum Gasteiger partial charge on any atom is 0.336 e. The normalized spacial score (nSPS) is 11.6. The lowest BCUT2D eigenvalue weighted by atomic mass is 10.0. The van der Waals surface area contributed by atoms with Crippen LogP contribution in [0.1, 0.15) is 25.0 Å². The summed E-state index contributed by atoms with van der Waals surface area (Å²) in [4.78, 5) is 11.5. The lowest BCUT2D eigenvalue weighted by Crippen LogP contribution is -2.05. The van der Waals surface area contributed by atoms with Gasteiger partial charge in [0.1, 0.15) is 5.75 Å². The van der Waals surface area contributed by atoms with Crippen molar-refractivity contribution in [2.45, 2.75) is 20.0 Å². The van der Waals surface area contributed by atoms with Crippen LogP contribution in [0.5, 0.6) is 5.75 Å². The fourth-order valence-electron chi connectivity index (χ4n) is 2.05. The Labute approximate surface area is 140 Å². The van der Waals surface area contributed by atoms with Crippen molar-refractivity contribution in [3.8, 4) is 5.75 Å². The highest BCUT2D eigenvalue weighted by Crippen LogP contribution is 2.28. The molecule has 2 aromatic rings. The molecule has 0 amide bonds. The number of halogens is 1. The van der Waals surface area contributed by atoms with E-state index < -0.39 is 5.97 Å². The van der Waals surface area contributed by atoms with Crippen molar-refractivity contribution in [1.29, 1.82) is 0 Å². The molecule has 0 fully saturated rings. The van der Waals surface area contributed by atoms with Crippen molar-refractivity contribution in [3.63, 3.8) is 0 Å². The van der Waals surface area contributed by atoms with Crippen LogP contribution in [0.4, 0.5) is 5.69 Å². The molecule has 23 heavy (non-hydrogen) atoms. The highest BCUT2D eigenvalue weighted by atomic mass is 35.5. The summed E-state index contributed by atoms with van der Waals surface area (Å²) in [6.07, 6.45) is 1.58. The Morgan fingerprint density at radius 3 is 2.39 bits per heavy atom. The largest absolute Gasteiger partial charge is 0.489 e. The summed E-state index contributed by atoms with van der Waals surface area (Å²) >= 11 is 6.19. The number of benzene rings is 2. The van der Waals surface area contributed by atoms with Gasteiger partial charge in [-0.1, -0.05) is 29.8 Å². The number of hydrogen-bond donors (Lipinski definition) is 2. The molecule has 5 heteroatoms. The number of aliphatic carboxylic acids is 1. The first-order chi connectivity index (χ1) is 10.9. The number of carboxylic acids is 1. The van der Waals surface area contributed by atoms with Crippen LogP contribution in [0.2, 0.25) is 5.02 Å². The Bertz CT molecular complexity index is 736. The van der Waals surface area contributed by atoms with Crippen molar-refractivity contribution < 1.29 is 14.6 Å². The third-order valence-corrected chi connectivity index (χ3v) is 3.38. The molecule has 0 aromatic heterocycles. The van der Waals surface area contributed by atoms with Crippen molar-refractivity contribution in [3.05, 3.63) is 58.6 Å². The van der Waals surface area contributed by atoms with Crippen molar-refractivity contribution in [1.82, 2.24) is 0 Å². The monoisotopic (exact) mass is 331 g/mol. The van der Waals surface area contributed by atoms with Gasteiger partial charge in [-0.05, 0) is 55.3 Å². The van der Waals surface area contributed by atoms with Gasteiger partial charge >= 0.3 is 5.97 Å². The molecular weight excluding hydrogens is 314 g/mol. The van der Waals surface area contributed by atoms with Crippen LogP contribution in [0.15, 0.2) is 42.5 Å². The molecule has 0 aliphatic carbocycles. The van der Waals surface area contributed by atoms with Gasteiger partial charge in [-0.15, -0.1) is 0 Å². The topological polar surface area (TPSA) is 72.5 Å². The lowest BCUT2D eigenvalue weighted by Gasteiger charge is -2.11. The van der Waals surface area contributed by atoms with Gasteiger partial charge in [0.05, 0.1) is 16.7 Å². The molecule has 2 rings (SSSR count). The van der Waals surface area contributed by atoms with Gasteiger partial charge in [-0.25, -0.2) is 4.79 Å². The van der Waals surface area contributed by atoms with Crippen LogP contribution in [-0.4, -0.2) is 17.2 Å². The van der Waals surface area contributed by atoms with E-state index in [1.807, 2.05) is 13.8 Å². The maximum atomic E-state index is 11.5. The first-order valence-corrected chi connectivity index (χ1v) is 7.51. The average molecular weight is 332 g/mol. The van der Waals surface area contributed by atoms with Crippen LogP contribution in [-0.2, 0) is 4.79 Å². The summed E-state index contributed by atoms with van der Waals surface area (Å²) in [5.41, 5.74) is 7.63. The SMILES string of the molecule is CC(C)Oc1ccc(/C=C(\C(=O)O)c2ccc(N)cc2)cc1Cl. The molecule has 0 spiro atoms. The molecule has 0 aliphatic heterocycles. The Balaban J connectivity index is 2.38. The van der Waals surface area contributed by atoms with Crippen LogP contribution in [0, 0.1) is 0 Å². The maximum absolute atomic E-state index is 11.5. The van der Waals surface area contributed by atoms with E-state index in [4.69, 9.17) is 22.1 Å². The van der Waals surface area contributed by atoms with Crippen molar-refractivity contribution in [2.24, 2.45) is 0 Å². The van der Waals surface area contributed by atoms with E-state index >= 15 is 0 Å². The van der Waals surface area contributed by atoms with Crippen LogP contribution in [0.25, 0.3) is 11.6 Å². The van der Waals surface area contributed by atoms with Gasteiger partial charge in [0.25, 0.3) is 0 Å². The molecule has 3 N–H and O–H groups in total. The molecule has 120 valence electrons. The summed E-state index contributed by atoms with van der Waals surface area (Å²) in [6, 6.07) is 11.9. The predicted octanol–water partition coefficient (Wildman–Crippen LogP) is 4.33. The predicted molar refractivity (Wildman–Crippen MR) is 93.6 cm³/mol. The molecule has 0 aliphatic rings. The second-order valence-electron chi connectivity index (χ2n) is 5.34. The second kappa shape index (κ2) is 7.20. The van der Waals surface area contributed by atoms with Crippen molar-refractivity contribution >= 4 is 34.9 Å². The van der Waals surface area contributed by atoms with Crippen molar-refractivity contribution in [2.75, 3.05) is 5.73 Å². The Hall–Kier alpha value is -2.46. The molecule has 0 saturated carbocycles. The number of anilines is 1. The first-order valence-electron chi connectivity index (χ1n) is 7.14. The van der Waals surface area contributed by atoms with E-state index in [1.54, 1.807) is 48.5 Å². The fraction of sp³-hybridized carbons (Fsp3) is 0.167. The number of rotatable bonds is 5.